The molecule has 1 aromatic heterocycles. The summed E-state index contributed by atoms with van der Waals surface area (Å²) in [7, 11) is -1.61. The van der Waals surface area contributed by atoms with E-state index in [4.69, 9.17) is 4.98 Å². The second-order valence-corrected chi connectivity index (χ2v) is 10.2. The van der Waals surface area contributed by atoms with Crippen molar-refractivity contribution in [2.24, 2.45) is 5.41 Å². The highest BCUT2D eigenvalue weighted by Gasteiger charge is 2.57. The molecule has 1 unspecified atom stereocenters. The molecule has 0 saturated carbocycles. The molecule has 1 N–H and O–H groups in total. The van der Waals surface area contributed by atoms with Gasteiger partial charge in [-0.1, -0.05) is 30.3 Å². The minimum absolute atomic E-state index is 0.0622. The Labute approximate surface area is 174 Å². The Morgan fingerprint density at radius 2 is 1.77 bits per heavy atom. The third kappa shape index (κ3) is 3.13. The first-order valence-electron chi connectivity index (χ1n) is 9.79. The zero-order chi connectivity index (χ0) is 20.9. The Morgan fingerprint density at radius 3 is 2.47 bits per heavy atom. The predicted octanol–water partition coefficient (Wildman–Crippen LogP) is 2.33. The minimum Gasteiger partial charge on any atom is -0.305 e. The van der Waals surface area contributed by atoms with Gasteiger partial charge in [-0.3, -0.25) is 5.10 Å². The molecule has 2 aromatic carbocycles. The molecule has 3 aromatic rings. The van der Waals surface area contributed by atoms with Crippen molar-refractivity contribution in [1.29, 1.82) is 0 Å². The van der Waals surface area contributed by atoms with Gasteiger partial charge in [-0.15, -0.1) is 0 Å². The Kier molecular flexibility index (Phi) is 4.49. The third-order valence-corrected chi connectivity index (χ3v) is 7.92. The summed E-state index contributed by atoms with van der Waals surface area (Å²) >= 11 is 0. The van der Waals surface area contributed by atoms with E-state index >= 15 is 0 Å². The maximum Gasteiger partial charge on any atom is 0.243 e. The van der Waals surface area contributed by atoms with Crippen molar-refractivity contribution in [3.8, 4) is 11.4 Å². The van der Waals surface area contributed by atoms with Crippen LogP contribution >= 0.6 is 0 Å². The van der Waals surface area contributed by atoms with Crippen LogP contribution in [0.2, 0.25) is 0 Å². The molecule has 2 fully saturated rings. The van der Waals surface area contributed by atoms with Crippen molar-refractivity contribution >= 4 is 10.0 Å². The molecule has 0 bridgehead atoms. The molecular formula is C21H22FN5O2S. The standard InChI is InChI=1S/C21H22FN5O2S/c1-26-11-18(20-23-19(24-25-20)15-5-3-2-4-6-15)21(12-26)13-27(14-21)30(28,29)17-9-7-16(22)8-10-17/h2-10,18H,11-14H2,1H3,(H,23,24,25). The van der Waals surface area contributed by atoms with Gasteiger partial charge in [-0.05, 0) is 31.3 Å². The number of aromatic nitrogens is 3. The van der Waals surface area contributed by atoms with Crippen molar-refractivity contribution in [1.82, 2.24) is 24.4 Å². The molecule has 1 atom stereocenters. The van der Waals surface area contributed by atoms with Gasteiger partial charge in [0.15, 0.2) is 5.82 Å². The maximum atomic E-state index is 13.2. The Balaban J connectivity index is 1.39. The number of H-pyrrole nitrogens is 1. The van der Waals surface area contributed by atoms with E-state index in [0.717, 1.165) is 24.5 Å². The van der Waals surface area contributed by atoms with Crippen LogP contribution in [-0.4, -0.2) is 66.0 Å². The number of benzene rings is 2. The lowest BCUT2D eigenvalue weighted by Crippen LogP contribution is -2.61. The number of sulfonamides is 1. The highest BCUT2D eigenvalue weighted by atomic mass is 32.2. The largest absolute Gasteiger partial charge is 0.305 e. The molecule has 0 radical (unpaired) electrons. The lowest BCUT2D eigenvalue weighted by Gasteiger charge is -2.49. The molecule has 7 nitrogen and oxygen atoms in total. The van der Waals surface area contributed by atoms with Gasteiger partial charge in [0, 0.05) is 43.1 Å². The van der Waals surface area contributed by atoms with Crippen LogP contribution in [0.1, 0.15) is 11.7 Å². The van der Waals surface area contributed by atoms with E-state index < -0.39 is 15.8 Å². The number of halogens is 1. The number of hydrogen-bond donors (Lipinski definition) is 1. The normalized spacial score (nSPS) is 21.7. The van der Waals surface area contributed by atoms with Crippen LogP contribution in [0, 0.1) is 11.2 Å². The molecule has 1 spiro atoms. The third-order valence-electron chi connectivity index (χ3n) is 6.12. The SMILES string of the molecule is CN1CC(c2nc(-c3ccccc3)n[nH]2)C2(C1)CN(S(=O)(=O)c1ccc(F)cc1)C2. The summed E-state index contributed by atoms with van der Waals surface area (Å²) in [6, 6.07) is 14.7. The average Bonchev–Trinajstić information content (AvgIpc) is 3.32. The molecule has 156 valence electrons. The summed E-state index contributed by atoms with van der Waals surface area (Å²) in [5, 5.41) is 7.47. The Hall–Kier alpha value is -2.62. The van der Waals surface area contributed by atoms with Crippen LogP contribution < -0.4 is 0 Å². The minimum atomic E-state index is -3.64. The van der Waals surface area contributed by atoms with Gasteiger partial charge < -0.3 is 4.90 Å². The van der Waals surface area contributed by atoms with Gasteiger partial charge in [0.25, 0.3) is 0 Å². The van der Waals surface area contributed by atoms with Crippen molar-refractivity contribution < 1.29 is 12.8 Å². The number of hydrogen-bond acceptors (Lipinski definition) is 5. The van der Waals surface area contributed by atoms with Gasteiger partial charge in [0.2, 0.25) is 10.0 Å². The Morgan fingerprint density at radius 1 is 1.07 bits per heavy atom. The summed E-state index contributed by atoms with van der Waals surface area (Å²) in [6.07, 6.45) is 0. The highest BCUT2D eigenvalue weighted by Crippen LogP contribution is 2.49. The van der Waals surface area contributed by atoms with E-state index in [-0.39, 0.29) is 16.2 Å². The number of rotatable bonds is 4. The number of nitrogens with one attached hydrogen (secondary N) is 1. The zero-order valence-corrected chi connectivity index (χ0v) is 17.3. The zero-order valence-electron chi connectivity index (χ0n) is 16.5. The van der Waals surface area contributed by atoms with Gasteiger partial charge in [0.1, 0.15) is 11.6 Å². The van der Waals surface area contributed by atoms with Gasteiger partial charge in [-0.2, -0.15) is 9.40 Å². The second kappa shape index (κ2) is 6.97. The second-order valence-electron chi connectivity index (χ2n) is 8.25. The number of aromatic amines is 1. The summed E-state index contributed by atoms with van der Waals surface area (Å²) in [6.45, 7) is 2.38. The molecule has 30 heavy (non-hydrogen) atoms. The Bertz CT molecular complexity index is 1160. The fourth-order valence-electron chi connectivity index (χ4n) is 4.64. The van der Waals surface area contributed by atoms with Crippen LogP contribution in [0.15, 0.2) is 59.5 Å². The molecule has 2 aliphatic heterocycles. The summed E-state index contributed by atoms with van der Waals surface area (Å²) in [4.78, 5) is 7.05. The van der Waals surface area contributed by atoms with E-state index in [9.17, 15) is 12.8 Å². The fraction of sp³-hybridized carbons (Fsp3) is 0.333. The number of likely N-dealkylation sites (N-methyl/N-ethyl adjacent to an activating group) is 1. The first-order valence-corrected chi connectivity index (χ1v) is 11.2. The van der Waals surface area contributed by atoms with Crippen LogP contribution in [0.5, 0.6) is 0 Å². The lowest BCUT2D eigenvalue weighted by atomic mass is 9.72. The average molecular weight is 428 g/mol. The first kappa shape index (κ1) is 19.3. The smallest absolute Gasteiger partial charge is 0.243 e. The summed E-state index contributed by atoms with van der Waals surface area (Å²) in [5.41, 5.74) is 0.726. The molecule has 0 amide bonds. The van der Waals surface area contributed by atoms with Crippen LogP contribution in [-0.2, 0) is 10.0 Å². The van der Waals surface area contributed by atoms with E-state index in [2.05, 4.69) is 15.1 Å². The van der Waals surface area contributed by atoms with E-state index in [1.54, 1.807) is 0 Å². The molecular weight excluding hydrogens is 405 g/mol. The van der Waals surface area contributed by atoms with E-state index in [1.807, 2.05) is 37.4 Å². The summed E-state index contributed by atoms with van der Waals surface area (Å²) in [5.74, 6) is 1.04. The van der Waals surface area contributed by atoms with Gasteiger partial charge in [-0.25, -0.2) is 17.8 Å². The quantitative estimate of drug-likeness (QED) is 0.691. The number of likely N-dealkylation sites (tertiary alicyclic amines) is 1. The molecule has 0 aliphatic carbocycles. The molecule has 2 aliphatic rings. The van der Waals surface area contributed by atoms with Crippen LogP contribution in [0.4, 0.5) is 4.39 Å². The number of nitrogens with zero attached hydrogens (tertiary/aromatic N) is 4. The molecule has 2 saturated heterocycles. The van der Waals surface area contributed by atoms with Crippen molar-refractivity contribution in [2.45, 2.75) is 10.8 Å². The van der Waals surface area contributed by atoms with Crippen molar-refractivity contribution in [3.05, 3.63) is 66.2 Å². The van der Waals surface area contributed by atoms with Crippen molar-refractivity contribution in [2.75, 3.05) is 33.2 Å². The fourth-order valence-corrected chi connectivity index (χ4v) is 6.28. The van der Waals surface area contributed by atoms with Crippen LogP contribution in [0.3, 0.4) is 0 Å². The summed E-state index contributed by atoms with van der Waals surface area (Å²) < 4.78 is 40.5. The first-order chi connectivity index (χ1) is 14.4. The highest BCUT2D eigenvalue weighted by molar-refractivity contribution is 7.89. The van der Waals surface area contributed by atoms with Gasteiger partial charge >= 0.3 is 0 Å². The lowest BCUT2D eigenvalue weighted by molar-refractivity contribution is 0.0636. The predicted molar refractivity (Wildman–Crippen MR) is 110 cm³/mol. The topological polar surface area (TPSA) is 82.2 Å². The molecule has 3 heterocycles. The van der Waals surface area contributed by atoms with Gasteiger partial charge in [0.05, 0.1) is 4.90 Å². The molecule has 5 rings (SSSR count). The van der Waals surface area contributed by atoms with E-state index in [1.165, 1.54) is 28.6 Å². The van der Waals surface area contributed by atoms with Crippen LogP contribution in [0.25, 0.3) is 11.4 Å². The molecule has 9 heteroatoms. The maximum absolute atomic E-state index is 13.2. The van der Waals surface area contributed by atoms with E-state index in [0.29, 0.717) is 18.9 Å². The van der Waals surface area contributed by atoms with Crippen molar-refractivity contribution in [3.63, 3.8) is 0 Å². The monoisotopic (exact) mass is 427 g/mol.